The summed E-state index contributed by atoms with van der Waals surface area (Å²) in [5.41, 5.74) is 2.51. The first-order chi connectivity index (χ1) is 31.5. The molecule has 4 aromatic heterocycles. The normalized spacial score (nSPS) is 23.2. The summed E-state index contributed by atoms with van der Waals surface area (Å²) < 4.78 is 41.3. The Bertz CT molecular complexity index is 2680. The van der Waals surface area contributed by atoms with Gasteiger partial charge < -0.3 is 30.1 Å². The maximum Gasteiger partial charge on any atom is 0.329 e. The minimum Gasteiger partial charge on any atom is -0.365 e. The van der Waals surface area contributed by atoms with Crippen molar-refractivity contribution in [3.63, 3.8) is 0 Å². The van der Waals surface area contributed by atoms with Crippen LogP contribution in [0.15, 0.2) is 47.7 Å². The molecular weight excluding hydrogens is 835 g/mol. The molecule has 4 aliphatic heterocycles. The van der Waals surface area contributed by atoms with Crippen molar-refractivity contribution in [2.24, 2.45) is 18.4 Å². The molecule has 2 amide bonds. The number of hydrogen-bond acceptors (Lipinski definition) is 10. The lowest BCUT2D eigenvalue weighted by molar-refractivity contribution is -0.125. The number of rotatable bonds is 10. The Morgan fingerprint density at radius 1 is 1.02 bits per heavy atom. The number of benzene rings is 1. The minimum absolute atomic E-state index is 0.0102. The first-order valence-corrected chi connectivity index (χ1v) is 23.3. The number of hydrogen-bond donors (Lipinski definition) is 2. The molecule has 1 unspecified atom stereocenters. The van der Waals surface area contributed by atoms with E-state index in [2.05, 4.69) is 54.4 Å². The van der Waals surface area contributed by atoms with Crippen molar-refractivity contribution >= 4 is 40.0 Å². The van der Waals surface area contributed by atoms with Crippen LogP contribution in [0.2, 0.25) is 0 Å². The van der Waals surface area contributed by atoms with Gasteiger partial charge in [-0.1, -0.05) is 17.9 Å². The number of nitrogens with one attached hydrogen (secondary N) is 2. The van der Waals surface area contributed by atoms with Gasteiger partial charge in [-0.15, -0.1) is 0 Å². The van der Waals surface area contributed by atoms with Crippen LogP contribution in [-0.2, 0) is 16.6 Å². The fraction of sp³-hybridized carbons (Fsp3) is 0.574. The Morgan fingerprint density at radius 3 is 2.54 bits per heavy atom. The van der Waals surface area contributed by atoms with E-state index in [-0.39, 0.29) is 41.6 Å². The quantitative estimate of drug-likeness (QED) is 0.183. The number of carbonyl (C=O) groups is 2. The van der Waals surface area contributed by atoms with Crippen LogP contribution in [0.4, 0.5) is 20.3 Å². The molecule has 4 saturated heterocycles. The van der Waals surface area contributed by atoms with Crippen LogP contribution in [-0.4, -0.2) is 127 Å². The molecule has 5 aliphatic rings. The standard InChI is InChI=1S/C47H58F2N12O4/c1-55-29-47(30-55)17-23-58(24-18-47)39-16-22-59-43(53-39)35(26-51-59)44(62)52-36-28-60(54-40(36)42(48)49)33-12-10-31(11-13-33)27-57-20-14-34(15-21-57)65-25-5-7-32-6-3-8-37-41(32)56(2)46(64)61(37)38-9-4-19-50-45(38)63/h3,6,8,16,22,26,28,31,33-34,38,42H,4,9-15,17-21,23-25,27,29-30H2,1-2H3,(H,50,63)(H,52,62)/t31-,33-,38?. The summed E-state index contributed by atoms with van der Waals surface area (Å²) in [6.45, 7) is 7.81. The van der Waals surface area contributed by atoms with Gasteiger partial charge in [-0.05, 0) is 101 Å². The maximum absolute atomic E-state index is 14.4. The highest BCUT2D eigenvalue weighted by Crippen LogP contribution is 2.41. The van der Waals surface area contributed by atoms with Crippen LogP contribution in [0.1, 0.15) is 104 Å². The lowest BCUT2D eigenvalue weighted by Gasteiger charge is -2.53. The average molecular weight is 893 g/mol. The Hall–Kier alpha value is -5.64. The third-order valence-corrected chi connectivity index (χ3v) is 14.7. The van der Waals surface area contributed by atoms with E-state index in [1.54, 1.807) is 37.8 Å². The molecule has 10 rings (SSSR count). The number of alkyl halides is 2. The molecule has 5 fully saturated rings. The molecule has 5 aromatic rings. The summed E-state index contributed by atoms with van der Waals surface area (Å²) in [6.07, 6.45) is 11.1. The van der Waals surface area contributed by atoms with Gasteiger partial charge in [0.2, 0.25) is 5.91 Å². The first-order valence-electron chi connectivity index (χ1n) is 23.3. The molecule has 0 radical (unpaired) electrons. The monoisotopic (exact) mass is 892 g/mol. The van der Waals surface area contributed by atoms with E-state index in [0.717, 1.165) is 120 Å². The number of likely N-dealkylation sites (tertiary alicyclic amines) is 2. The van der Waals surface area contributed by atoms with Crippen molar-refractivity contribution in [2.75, 3.05) is 76.2 Å². The summed E-state index contributed by atoms with van der Waals surface area (Å²) >= 11 is 0. The average Bonchev–Trinajstić information content (AvgIpc) is 4.00. The zero-order valence-electron chi connectivity index (χ0n) is 37.2. The van der Waals surface area contributed by atoms with Crippen LogP contribution in [0.5, 0.6) is 0 Å². The van der Waals surface area contributed by atoms with Crippen molar-refractivity contribution in [2.45, 2.75) is 88.8 Å². The summed E-state index contributed by atoms with van der Waals surface area (Å²) in [7, 11) is 3.88. The van der Waals surface area contributed by atoms with Gasteiger partial charge in [0.1, 0.15) is 24.0 Å². The number of piperidine rings is 3. The Labute approximate surface area is 376 Å². The van der Waals surface area contributed by atoms with Crippen molar-refractivity contribution in [1.82, 2.24) is 48.6 Å². The molecule has 16 nitrogen and oxygen atoms in total. The van der Waals surface area contributed by atoms with Crippen molar-refractivity contribution in [3.8, 4) is 11.8 Å². The van der Waals surface area contributed by atoms with E-state index in [4.69, 9.17) is 9.72 Å². The van der Waals surface area contributed by atoms with Crippen molar-refractivity contribution in [3.05, 3.63) is 70.2 Å². The number of aromatic nitrogens is 7. The molecule has 18 heteroatoms. The second kappa shape index (κ2) is 18.0. The lowest BCUT2D eigenvalue weighted by atomic mass is 9.72. The number of halogens is 2. The highest BCUT2D eigenvalue weighted by atomic mass is 19.3. The molecule has 1 atom stereocenters. The van der Waals surface area contributed by atoms with Crippen molar-refractivity contribution < 1.29 is 23.1 Å². The van der Waals surface area contributed by atoms with Crippen LogP contribution >= 0.6 is 0 Å². The van der Waals surface area contributed by atoms with E-state index < -0.39 is 24.1 Å². The number of nitrogens with zero attached hydrogens (tertiary/aromatic N) is 10. The molecular formula is C47H58F2N12O4. The van der Waals surface area contributed by atoms with E-state index in [1.165, 1.54) is 6.20 Å². The smallest absolute Gasteiger partial charge is 0.329 e. The zero-order valence-corrected chi connectivity index (χ0v) is 37.2. The molecule has 344 valence electrons. The lowest BCUT2D eigenvalue weighted by Crippen LogP contribution is -2.58. The fourth-order valence-corrected chi connectivity index (χ4v) is 11.2. The molecule has 2 N–H and O–H groups in total. The fourth-order valence-electron chi connectivity index (χ4n) is 11.2. The van der Waals surface area contributed by atoms with Crippen molar-refractivity contribution in [1.29, 1.82) is 0 Å². The molecule has 1 spiro atoms. The number of amides is 2. The molecule has 0 bridgehead atoms. The van der Waals surface area contributed by atoms with Gasteiger partial charge in [-0.3, -0.25) is 23.4 Å². The second-order valence-corrected chi connectivity index (χ2v) is 19.1. The highest BCUT2D eigenvalue weighted by Gasteiger charge is 2.43. The van der Waals surface area contributed by atoms with Gasteiger partial charge in [0.25, 0.3) is 12.3 Å². The summed E-state index contributed by atoms with van der Waals surface area (Å²) in [4.78, 5) is 51.4. The van der Waals surface area contributed by atoms with E-state index in [9.17, 15) is 23.2 Å². The molecule has 1 aromatic carbocycles. The minimum atomic E-state index is -2.85. The predicted octanol–water partition coefficient (Wildman–Crippen LogP) is 5.02. The van der Waals surface area contributed by atoms with E-state index in [0.29, 0.717) is 35.5 Å². The summed E-state index contributed by atoms with van der Waals surface area (Å²) in [5.74, 6) is 6.99. The van der Waals surface area contributed by atoms with Gasteiger partial charge in [-0.2, -0.15) is 10.2 Å². The van der Waals surface area contributed by atoms with Gasteiger partial charge in [0.05, 0.1) is 40.6 Å². The van der Waals surface area contributed by atoms with E-state index >= 15 is 0 Å². The number of imidazole rings is 1. The zero-order chi connectivity index (χ0) is 44.8. The Balaban J connectivity index is 0.695. The first kappa shape index (κ1) is 43.3. The Kier molecular flexibility index (Phi) is 12.0. The highest BCUT2D eigenvalue weighted by molar-refractivity contribution is 6.08. The van der Waals surface area contributed by atoms with Crippen LogP contribution < -0.4 is 21.2 Å². The molecule has 1 saturated carbocycles. The van der Waals surface area contributed by atoms with Crippen LogP contribution in [0.25, 0.3) is 16.7 Å². The summed E-state index contributed by atoms with van der Waals surface area (Å²) in [6, 6.07) is 7.00. The van der Waals surface area contributed by atoms with Gasteiger partial charge in [-0.25, -0.2) is 23.1 Å². The van der Waals surface area contributed by atoms with Crippen LogP contribution in [0, 0.1) is 23.2 Å². The van der Waals surface area contributed by atoms with Crippen LogP contribution in [0.3, 0.4) is 0 Å². The number of ether oxygens (including phenoxy) is 1. The number of anilines is 2. The SMILES string of the molecule is CN1CC2(CCN(c3ccn4ncc(C(=O)Nc5cn([C@H]6CC[C@H](CN7CCC(OCC#Cc8cccc9c8n(C)c(=O)n9C8CCCNC8=O)CC7)CC6)nc5C(F)F)c4n3)CC2)C1. The topological polar surface area (TPSA) is 152 Å². The third kappa shape index (κ3) is 8.65. The molecule has 65 heavy (non-hydrogen) atoms. The Morgan fingerprint density at radius 2 is 1.80 bits per heavy atom. The van der Waals surface area contributed by atoms with Gasteiger partial charge in [0.15, 0.2) is 11.3 Å². The largest absolute Gasteiger partial charge is 0.365 e. The number of fused-ring (bicyclic) bond motifs is 2. The van der Waals surface area contributed by atoms with E-state index in [1.807, 2.05) is 24.3 Å². The number of para-hydroxylation sites is 1. The van der Waals surface area contributed by atoms with Gasteiger partial charge in [0, 0.05) is 71.8 Å². The molecule has 8 heterocycles. The molecule has 1 aliphatic carbocycles. The summed E-state index contributed by atoms with van der Waals surface area (Å²) in [5, 5.41) is 14.3. The third-order valence-electron chi connectivity index (χ3n) is 14.7. The maximum atomic E-state index is 14.4. The number of carbonyl (C=O) groups excluding carboxylic acids is 2. The number of aryl methyl sites for hydroxylation is 1. The van der Waals surface area contributed by atoms with Gasteiger partial charge >= 0.3 is 5.69 Å². The second-order valence-electron chi connectivity index (χ2n) is 19.1. The predicted molar refractivity (Wildman–Crippen MR) is 241 cm³/mol.